The zero-order valence-corrected chi connectivity index (χ0v) is 13.7. The first-order valence-electron chi connectivity index (χ1n) is 7.23. The molecule has 0 atom stereocenters. The molecule has 0 radical (unpaired) electrons. The van der Waals surface area contributed by atoms with Crippen LogP contribution < -0.4 is 16.0 Å². The summed E-state index contributed by atoms with van der Waals surface area (Å²) in [6.45, 7) is 11.1. The summed E-state index contributed by atoms with van der Waals surface area (Å²) in [4.78, 5) is 15.6. The second-order valence-corrected chi connectivity index (χ2v) is 6.58. The van der Waals surface area contributed by atoms with Gasteiger partial charge in [0.2, 0.25) is 0 Å². The molecule has 1 saturated heterocycles. The van der Waals surface area contributed by atoms with Gasteiger partial charge in [0.15, 0.2) is 5.96 Å². The van der Waals surface area contributed by atoms with Gasteiger partial charge >= 0.3 is 6.09 Å². The molecule has 0 aromatic carbocycles. The van der Waals surface area contributed by atoms with Crippen LogP contribution in [0.4, 0.5) is 4.79 Å². The Balaban J connectivity index is 2.13. The van der Waals surface area contributed by atoms with Gasteiger partial charge in [-0.2, -0.15) is 0 Å². The summed E-state index contributed by atoms with van der Waals surface area (Å²) >= 11 is 0. The Morgan fingerprint density at radius 2 is 1.86 bits per heavy atom. The average molecular weight is 300 g/mol. The first-order valence-corrected chi connectivity index (χ1v) is 7.23. The van der Waals surface area contributed by atoms with E-state index in [2.05, 4.69) is 27.9 Å². The predicted octanol–water partition coefficient (Wildman–Crippen LogP) is 0.713. The third kappa shape index (κ3) is 7.17. The molecular formula is C14H28N4O3. The number of carbonyl (C=O) groups excluding carboxylic acids is 1. The fourth-order valence-electron chi connectivity index (χ4n) is 1.73. The molecule has 0 saturated carbocycles. The van der Waals surface area contributed by atoms with Crippen molar-refractivity contribution in [1.29, 1.82) is 0 Å². The van der Waals surface area contributed by atoms with Gasteiger partial charge in [-0.1, -0.05) is 6.92 Å². The maximum Gasteiger partial charge on any atom is 0.407 e. The molecule has 3 N–H and O–H groups in total. The SMILES string of the molecule is CN=C(NCCNC(=O)OC(C)(C)C)NCC1(C)COC1. The van der Waals surface area contributed by atoms with Gasteiger partial charge in [0.05, 0.1) is 13.2 Å². The van der Waals surface area contributed by atoms with Crippen LogP contribution in [-0.2, 0) is 9.47 Å². The molecule has 0 unspecified atom stereocenters. The smallest absolute Gasteiger partial charge is 0.407 e. The van der Waals surface area contributed by atoms with Crippen LogP contribution in [0.25, 0.3) is 0 Å². The number of hydrogen-bond donors (Lipinski definition) is 3. The largest absolute Gasteiger partial charge is 0.444 e. The summed E-state index contributed by atoms with van der Waals surface area (Å²) < 4.78 is 10.4. The summed E-state index contributed by atoms with van der Waals surface area (Å²) in [7, 11) is 1.72. The Bertz CT molecular complexity index is 373. The average Bonchev–Trinajstić information content (AvgIpc) is 2.33. The van der Waals surface area contributed by atoms with Crippen LogP contribution in [0.2, 0.25) is 0 Å². The van der Waals surface area contributed by atoms with Crippen molar-refractivity contribution >= 4 is 12.1 Å². The van der Waals surface area contributed by atoms with Crippen LogP contribution in [0.3, 0.4) is 0 Å². The number of ether oxygens (including phenoxy) is 2. The van der Waals surface area contributed by atoms with Crippen LogP contribution in [0.15, 0.2) is 4.99 Å². The minimum absolute atomic E-state index is 0.187. The summed E-state index contributed by atoms with van der Waals surface area (Å²) in [6, 6.07) is 0. The van der Waals surface area contributed by atoms with E-state index in [0.717, 1.165) is 19.8 Å². The minimum atomic E-state index is -0.477. The standard InChI is InChI=1S/C14H28N4O3/c1-13(2,3)21-12(19)17-7-6-16-11(15-5)18-8-14(4)9-20-10-14/h6-10H2,1-5H3,(H,17,19)(H2,15,16,18). The van der Waals surface area contributed by atoms with Gasteiger partial charge in [0, 0.05) is 32.1 Å². The number of carbonyl (C=O) groups is 1. The fourth-order valence-corrected chi connectivity index (χ4v) is 1.73. The molecule has 0 spiro atoms. The lowest BCUT2D eigenvalue weighted by Gasteiger charge is -2.38. The monoisotopic (exact) mass is 300 g/mol. The van der Waals surface area contributed by atoms with Gasteiger partial charge in [-0.05, 0) is 20.8 Å². The van der Waals surface area contributed by atoms with Gasteiger partial charge in [-0.15, -0.1) is 0 Å². The van der Waals surface area contributed by atoms with E-state index in [0.29, 0.717) is 19.0 Å². The van der Waals surface area contributed by atoms with Gasteiger partial charge in [-0.25, -0.2) is 4.79 Å². The van der Waals surface area contributed by atoms with Gasteiger partial charge in [-0.3, -0.25) is 4.99 Å². The first-order chi connectivity index (χ1) is 9.74. The van der Waals surface area contributed by atoms with Gasteiger partial charge in [0.25, 0.3) is 0 Å². The van der Waals surface area contributed by atoms with E-state index in [4.69, 9.17) is 9.47 Å². The maximum atomic E-state index is 11.5. The molecule has 21 heavy (non-hydrogen) atoms. The maximum absolute atomic E-state index is 11.5. The fraction of sp³-hybridized carbons (Fsp3) is 0.857. The van der Waals surface area contributed by atoms with Crippen molar-refractivity contribution in [3.63, 3.8) is 0 Å². The molecule has 1 rings (SSSR count). The molecular weight excluding hydrogens is 272 g/mol. The van der Waals surface area contributed by atoms with E-state index < -0.39 is 11.7 Å². The Morgan fingerprint density at radius 1 is 1.24 bits per heavy atom. The number of aliphatic imine (C=N–C) groups is 1. The Kier molecular flexibility index (Phi) is 6.26. The summed E-state index contributed by atoms with van der Waals surface area (Å²) in [5.74, 6) is 0.717. The zero-order chi connectivity index (χ0) is 15.9. The van der Waals surface area contributed by atoms with Crippen molar-refractivity contribution in [3.05, 3.63) is 0 Å². The van der Waals surface area contributed by atoms with E-state index in [1.807, 2.05) is 20.8 Å². The van der Waals surface area contributed by atoms with Crippen molar-refractivity contribution < 1.29 is 14.3 Å². The van der Waals surface area contributed by atoms with E-state index in [1.54, 1.807) is 7.05 Å². The van der Waals surface area contributed by atoms with Crippen LogP contribution in [0, 0.1) is 5.41 Å². The van der Waals surface area contributed by atoms with Crippen molar-refractivity contribution in [3.8, 4) is 0 Å². The lowest BCUT2D eigenvalue weighted by molar-refractivity contribution is -0.0971. The molecule has 7 heteroatoms. The van der Waals surface area contributed by atoms with Crippen molar-refractivity contribution in [2.24, 2.45) is 10.4 Å². The molecule has 1 heterocycles. The quantitative estimate of drug-likeness (QED) is 0.396. The third-order valence-corrected chi connectivity index (χ3v) is 2.89. The second kappa shape index (κ2) is 7.49. The van der Waals surface area contributed by atoms with Crippen molar-refractivity contribution in [1.82, 2.24) is 16.0 Å². The van der Waals surface area contributed by atoms with Crippen LogP contribution in [-0.4, -0.2) is 57.5 Å². The number of amides is 1. The summed E-state index contributed by atoms with van der Waals surface area (Å²) in [5, 5.41) is 9.08. The Hall–Kier alpha value is -1.50. The molecule has 0 aromatic heterocycles. The topological polar surface area (TPSA) is 84.0 Å². The molecule has 1 fully saturated rings. The predicted molar refractivity (Wildman–Crippen MR) is 82.5 cm³/mol. The molecule has 1 aliphatic heterocycles. The Labute approximate surface area is 126 Å². The highest BCUT2D eigenvalue weighted by molar-refractivity contribution is 5.79. The number of nitrogens with zero attached hydrogens (tertiary/aromatic N) is 1. The number of rotatable bonds is 5. The molecule has 0 aliphatic carbocycles. The van der Waals surface area contributed by atoms with Crippen LogP contribution in [0.5, 0.6) is 0 Å². The molecule has 0 bridgehead atoms. The van der Waals surface area contributed by atoms with Crippen molar-refractivity contribution in [2.75, 3.05) is 39.9 Å². The van der Waals surface area contributed by atoms with E-state index in [9.17, 15) is 4.79 Å². The second-order valence-electron chi connectivity index (χ2n) is 6.58. The number of nitrogens with one attached hydrogen (secondary N) is 3. The van der Waals surface area contributed by atoms with E-state index in [1.165, 1.54) is 0 Å². The molecule has 7 nitrogen and oxygen atoms in total. The number of guanidine groups is 1. The lowest BCUT2D eigenvalue weighted by Crippen LogP contribution is -2.51. The molecule has 0 aromatic rings. The number of alkyl carbamates (subject to hydrolysis) is 1. The minimum Gasteiger partial charge on any atom is -0.444 e. The number of hydrogen-bond acceptors (Lipinski definition) is 4. The molecule has 1 amide bonds. The van der Waals surface area contributed by atoms with Gasteiger partial charge < -0.3 is 25.4 Å². The van der Waals surface area contributed by atoms with Crippen molar-refractivity contribution in [2.45, 2.75) is 33.3 Å². The highest BCUT2D eigenvalue weighted by Crippen LogP contribution is 2.24. The normalized spacial score (nSPS) is 17.7. The zero-order valence-electron chi connectivity index (χ0n) is 13.7. The molecule has 1 aliphatic rings. The summed E-state index contributed by atoms with van der Waals surface area (Å²) in [5.41, 5.74) is -0.290. The van der Waals surface area contributed by atoms with E-state index >= 15 is 0 Å². The summed E-state index contributed by atoms with van der Waals surface area (Å²) in [6.07, 6.45) is -0.411. The van der Waals surface area contributed by atoms with E-state index in [-0.39, 0.29) is 5.41 Å². The first kappa shape index (κ1) is 17.6. The highest BCUT2D eigenvalue weighted by Gasteiger charge is 2.33. The van der Waals surface area contributed by atoms with Crippen LogP contribution in [0.1, 0.15) is 27.7 Å². The Morgan fingerprint density at radius 3 is 2.33 bits per heavy atom. The van der Waals surface area contributed by atoms with Gasteiger partial charge in [0.1, 0.15) is 5.60 Å². The highest BCUT2D eigenvalue weighted by atomic mass is 16.6. The lowest BCUT2D eigenvalue weighted by atomic mass is 9.89. The third-order valence-electron chi connectivity index (χ3n) is 2.89. The van der Waals surface area contributed by atoms with Crippen LogP contribution >= 0.6 is 0 Å². The molecule has 122 valence electrons.